The van der Waals surface area contributed by atoms with Crippen molar-refractivity contribution in [3.63, 3.8) is 0 Å². The van der Waals surface area contributed by atoms with E-state index in [-0.39, 0.29) is 6.03 Å². The number of benzene rings is 1. The van der Waals surface area contributed by atoms with Crippen molar-refractivity contribution >= 4 is 12.1 Å². The lowest BCUT2D eigenvalue weighted by Gasteiger charge is -2.09. The van der Waals surface area contributed by atoms with Crippen LogP contribution in [0.1, 0.15) is 11.1 Å². The second kappa shape index (κ2) is 7.50. The molecule has 4 nitrogen and oxygen atoms in total. The Morgan fingerprint density at radius 1 is 1.28 bits per heavy atom. The third-order valence-electron chi connectivity index (χ3n) is 2.41. The second-order valence-electron chi connectivity index (χ2n) is 4.45. The summed E-state index contributed by atoms with van der Waals surface area (Å²) in [5.74, 6) is 0. The number of urea groups is 1. The summed E-state index contributed by atoms with van der Waals surface area (Å²) in [7, 11) is 3.94. The highest BCUT2D eigenvalue weighted by molar-refractivity contribution is 5.75. The highest BCUT2D eigenvalue weighted by Crippen LogP contribution is 2.03. The van der Waals surface area contributed by atoms with E-state index in [0.29, 0.717) is 6.54 Å². The van der Waals surface area contributed by atoms with Gasteiger partial charge in [0.1, 0.15) is 0 Å². The molecule has 0 aliphatic rings. The van der Waals surface area contributed by atoms with Gasteiger partial charge in [0.2, 0.25) is 0 Å². The molecule has 0 radical (unpaired) electrons. The van der Waals surface area contributed by atoms with E-state index in [0.717, 1.165) is 12.1 Å². The van der Waals surface area contributed by atoms with Crippen molar-refractivity contribution in [1.29, 1.82) is 0 Å². The number of amides is 2. The summed E-state index contributed by atoms with van der Waals surface area (Å²) in [4.78, 5) is 13.4. The number of likely N-dealkylation sites (N-methyl/N-ethyl adjacent to an activating group) is 1. The van der Waals surface area contributed by atoms with E-state index in [4.69, 9.17) is 0 Å². The highest BCUT2D eigenvalue weighted by Gasteiger charge is 1.96. The number of hydrogen-bond donors (Lipinski definition) is 2. The lowest BCUT2D eigenvalue weighted by Crippen LogP contribution is -2.36. The third kappa shape index (κ3) is 6.06. The molecule has 0 aliphatic carbocycles. The monoisotopic (exact) mass is 247 g/mol. The minimum absolute atomic E-state index is 0.180. The van der Waals surface area contributed by atoms with Gasteiger partial charge in [-0.25, -0.2) is 4.79 Å². The molecular weight excluding hydrogens is 226 g/mol. The van der Waals surface area contributed by atoms with Crippen LogP contribution in [-0.2, 0) is 0 Å². The molecule has 1 rings (SSSR count). The van der Waals surface area contributed by atoms with Crippen LogP contribution in [0.5, 0.6) is 0 Å². The molecule has 0 heterocycles. The maximum Gasteiger partial charge on any atom is 0.318 e. The Labute approximate surface area is 109 Å². The van der Waals surface area contributed by atoms with E-state index >= 15 is 0 Å². The van der Waals surface area contributed by atoms with E-state index in [1.54, 1.807) is 6.20 Å². The fourth-order valence-corrected chi connectivity index (χ4v) is 1.34. The maximum absolute atomic E-state index is 11.4. The van der Waals surface area contributed by atoms with Gasteiger partial charge in [-0.3, -0.25) is 0 Å². The van der Waals surface area contributed by atoms with Gasteiger partial charge >= 0.3 is 6.03 Å². The molecule has 0 aromatic heterocycles. The van der Waals surface area contributed by atoms with Crippen molar-refractivity contribution in [2.75, 3.05) is 27.2 Å². The third-order valence-corrected chi connectivity index (χ3v) is 2.41. The topological polar surface area (TPSA) is 44.4 Å². The molecule has 1 aromatic rings. The van der Waals surface area contributed by atoms with Crippen molar-refractivity contribution in [1.82, 2.24) is 15.5 Å². The van der Waals surface area contributed by atoms with Gasteiger partial charge in [0.15, 0.2) is 0 Å². The van der Waals surface area contributed by atoms with Gasteiger partial charge in [0, 0.05) is 19.3 Å². The molecule has 0 fully saturated rings. The lowest BCUT2D eigenvalue weighted by molar-refractivity contribution is 0.243. The molecule has 4 heteroatoms. The number of carbonyl (C=O) groups excluding carboxylic acids is 1. The zero-order chi connectivity index (χ0) is 13.4. The Hall–Kier alpha value is -1.81. The fourth-order valence-electron chi connectivity index (χ4n) is 1.34. The average Bonchev–Trinajstić information content (AvgIpc) is 2.31. The van der Waals surface area contributed by atoms with Crippen LogP contribution in [0.2, 0.25) is 0 Å². The van der Waals surface area contributed by atoms with Gasteiger partial charge in [0.05, 0.1) is 0 Å². The summed E-state index contributed by atoms with van der Waals surface area (Å²) in [5, 5.41) is 5.44. The Balaban J connectivity index is 2.27. The number of nitrogens with zero attached hydrogens (tertiary/aromatic N) is 1. The molecule has 18 heavy (non-hydrogen) atoms. The van der Waals surface area contributed by atoms with Gasteiger partial charge in [-0.2, -0.15) is 0 Å². The van der Waals surface area contributed by atoms with Crippen LogP contribution in [0.25, 0.3) is 6.08 Å². The molecule has 1 aromatic carbocycles. The van der Waals surface area contributed by atoms with Crippen LogP contribution in [0.4, 0.5) is 4.79 Å². The van der Waals surface area contributed by atoms with Gasteiger partial charge in [-0.1, -0.05) is 29.8 Å². The number of carbonyl (C=O) groups is 1. The van der Waals surface area contributed by atoms with Crippen LogP contribution in [0.15, 0.2) is 30.5 Å². The predicted molar refractivity (Wildman–Crippen MR) is 75.3 cm³/mol. The molecule has 0 unspecified atom stereocenters. The van der Waals surface area contributed by atoms with Crippen LogP contribution in [0.3, 0.4) is 0 Å². The van der Waals surface area contributed by atoms with Gasteiger partial charge in [0.25, 0.3) is 0 Å². The molecule has 0 bridgehead atoms. The van der Waals surface area contributed by atoms with Crippen molar-refractivity contribution in [3.8, 4) is 0 Å². The summed E-state index contributed by atoms with van der Waals surface area (Å²) in [6.07, 6.45) is 3.51. The first kappa shape index (κ1) is 14.3. The van der Waals surface area contributed by atoms with E-state index in [9.17, 15) is 4.79 Å². The van der Waals surface area contributed by atoms with E-state index in [1.165, 1.54) is 5.56 Å². The summed E-state index contributed by atoms with van der Waals surface area (Å²) in [6.45, 7) is 3.51. The highest BCUT2D eigenvalue weighted by atomic mass is 16.2. The molecular formula is C14H21N3O. The Morgan fingerprint density at radius 3 is 2.56 bits per heavy atom. The Kier molecular flexibility index (Phi) is 5.94. The minimum Gasteiger partial charge on any atom is -0.337 e. The SMILES string of the molecule is Cc1ccc(/C=C/NC(=O)NCCN(C)C)cc1. The van der Waals surface area contributed by atoms with Crippen LogP contribution >= 0.6 is 0 Å². The van der Waals surface area contributed by atoms with E-state index < -0.39 is 0 Å². The molecule has 2 amide bonds. The molecule has 2 N–H and O–H groups in total. The Bertz CT molecular complexity index is 396. The number of hydrogen-bond acceptors (Lipinski definition) is 2. The van der Waals surface area contributed by atoms with Crippen LogP contribution < -0.4 is 10.6 Å². The zero-order valence-electron chi connectivity index (χ0n) is 11.2. The zero-order valence-corrected chi connectivity index (χ0v) is 11.2. The Morgan fingerprint density at radius 2 is 1.94 bits per heavy atom. The average molecular weight is 247 g/mol. The lowest BCUT2D eigenvalue weighted by atomic mass is 10.1. The van der Waals surface area contributed by atoms with Crippen molar-refractivity contribution < 1.29 is 4.79 Å². The standard InChI is InChI=1S/C14H21N3O/c1-12-4-6-13(7-5-12)8-9-15-14(18)16-10-11-17(2)3/h4-9H,10-11H2,1-3H3,(H2,15,16,18)/b9-8+. The van der Waals surface area contributed by atoms with Crippen molar-refractivity contribution in [2.45, 2.75) is 6.92 Å². The smallest absolute Gasteiger partial charge is 0.318 e. The molecule has 98 valence electrons. The van der Waals surface area contributed by atoms with Gasteiger partial charge < -0.3 is 15.5 Å². The molecule has 0 aliphatic heterocycles. The predicted octanol–water partition coefficient (Wildman–Crippen LogP) is 1.83. The molecule has 0 saturated heterocycles. The molecule has 0 spiro atoms. The van der Waals surface area contributed by atoms with Crippen molar-refractivity contribution in [2.24, 2.45) is 0 Å². The number of nitrogens with one attached hydrogen (secondary N) is 2. The summed E-state index contributed by atoms with van der Waals surface area (Å²) >= 11 is 0. The van der Waals surface area contributed by atoms with Crippen LogP contribution in [0, 0.1) is 6.92 Å². The van der Waals surface area contributed by atoms with E-state index in [1.807, 2.05) is 56.3 Å². The fraction of sp³-hybridized carbons (Fsp3) is 0.357. The molecule has 0 saturated carbocycles. The summed E-state index contributed by atoms with van der Waals surface area (Å²) < 4.78 is 0. The van der Waals surface area contributed by atoms with E-state index in [2.05, 4.69) is 10.6 Å². The minimum atomic E-state index is -0.180. The first-order chi connectivity index (χ1) is 8.58. The van der Waals surface area contributed by atoms with Gasteiger partial charge in [-0.05, 0) is 32.7 Å². The largest absolute Gasteiger partial charge is 0.337 e. The first-order valence-electron chi connectivity index (χ1n) is 6.00. The van der Waals surface area contributed by atoms with Gasteiger partial charge in [-0.15, -0.1) is 0 Å². The first-order valence-corrected chi connectivity index (χ1v) is 6.00. The van der Waals surface area contributed by atoms with Crippen LogP contribution in [-0.4, -0.2) is 38.1 Å². The maximum atomic E-state index is 11.4. The number of rotatable bonds is 5. The normalized spacial score (nSPS) is 10.9. The second-order valence-corrected chi connectivity index (χ2v) is 4.45. The summed E-state index contributed by atoms with van der Waals surface area (Å²) in [5.41, 5.74) is 2.29. The summed E-state index contributed by atoms with van der Waals surface area (Å²) in [6, 6.07) is 7.92. The quantitative estimate of drug-likeness (QED) is 0.833. The number of aryl methyl sites for hydroxylation is 1. The molecule has 0 atom stereocenters. The van der Waals surface area contributed by atoms with Crippen molar-refractivity contribution in [3.05, 3.63) is 41.6 Å².